The van der Waals surface area contributed by atoms with Crippen LogP contribution in [0.5, 0.6) is 0 Å². The Balaban J connectivity index is 1.92. The third-order valence-corrected chi connectivity index (χ3v) is 5.19. The third kappa shape index (κ3) is 6.99. The second kappa shape index (κ2) is 11.9. The second-order valence-corrected chi connectivity index (χ2v) is 7.38. The number of benzene rings is 1. The molecule has 1 unspecified atom stereocenters. The van der Waals surface area contributed by atoms with Gasteiger partial charge in [0.05, 0.1) is 19.1 Å². The van der Waals surface area contributed by atoms with Crippen LogP contribution in [0.25, 0.3) is 0 Å². The molecule has 1 saturated carbocycles. The lowest BCUT2D eigenvalue weighted by molar-refractivity contribution is -0.149. The number of hydrogen-bond donors (Lipinski definition) is 2. The van der Waals surface area contributed by atoms with Gasteiger partial charge in [-0.2, -0.15) is 0 Å². The van der Waals surface area contributed by atoms with Crippen LogP contribution in [0.1, 0.15) is 51.2 Å². The predicted molar refractivity (Wildman–Crippen MR) is 113 cm³/mol. The zero-order valence-corrected chi connectivity index (χ0v) is 17.8. The van der Waals surface area contributed by atoms with Crippen molar-refractivity contribution in [1.29, 1.82) is 0 Å². The number of rotatable bonds is 8. The fourth-order valence-corrected chi connectivity index (χ4v) is 3.64. The summed E-state index contributed by atoms with van der Waals surface area (Å²) in [6.45, 7) is 5.60. The van der Waals surface area contributed by atoms with Crippen molar-refractivity contribution in [3.8, 4) is 0 Å². The van der Waals surface area contributed by atoms with E-state index in [4.69, 9.17) is 26.1 Å². The van der Waals surface area contributed by atoms with E-state index in [9.17, 15) is 4.79 Å². The highest BCUT2D eigenvalue weighted by Crippen LogP contribution is 2.25. The summed E-state index contributed by atoms with van der Waals surface area (Å²) in [6, 6.07) is 7.96. The van der Waals surface area contributed by atoms with Gasteiger partial charge in [-0.25, -0.2) is 0 Å². The monoisotopic (exact) mass is 409 g/mol. The van der Waals surface area contributed by atoms with Gasteiger partial charge in [0.1, 0.15) is 6.10 Å². The number of methoxy groups -OCH3 is 1. The van der Waals surface area contributed by atoms with E-state index in [-0.39, 0.29) is 18.0 Å². The van der Waals surface area contributed by atoms with Gasteiger partial charge in [0.2, 0.25) is 0 Å². The van der Waals surface area contributed by atoms with Crippen LogP contribution in [0.3, 0.4) is 0 Å². The minimum atomic E-state index is -0.159. The molecular weight excluding hydrogens is 378 g/mol. The van der Waals surface area contributed by atoms with Gasteiger partial charge in [0.25, 0.3) is 0 Å². The number of aliphatic imine (C=N–C) groups is 1. The van der Waals surface area contributed by atoms with E-state index in [2.05, 4.69) is 10.6 Å². The molecule has 0 bridgehead atoms. The molecule has 156 valence electrons. The summed E-state index contributed by atoms with van der Waals surface area (Å²) in [5.41, 5.74) is 1.00. The molecule has 1 aliphatic carbocycles. The van der Waals surface area contributed by atoms with Gasteiger partial charge < -0.3 is 20.1 Å². The Morgan fingerprint density at radius 3 is 2.64 bits per heavy atom. The number of ether oxygens (including phenoxy) is 2. The molecule has 2 rings (SSSR count). The van der Waals surface area contributed by atoms with Gasteiger partial charge in [-0.1, -0.05) is 23.7 Å². The fraction of sp³-hybridized carbons (Fsp3) is 0.619. The first kappa shape index (κ1) is 22.5. The Bertz CT molecular complexity index is 646. The maximum atomic E-state index is 11.9. The lowest BCUT2D eigenvalue weighted by Gasteiger charge is -2.29. The van der Waals surface area contributed by atoms with Crippen LogP contribution in [0, 0.1) is 5.92 Å². The molecule has 0 aromatic heterocycles. The van der Waals surface area contributed by atoms with Crippen LogP contribution in [-0.4, -0.2) is 44.8 Å². The standard InChI is InChI=1S/C21H32ClN3O3/c1-4-23-21(24-14-19(27-3)16-7-6-8-17(22)13-16)25-18-11-9-15(10-12-18)20(26)28-5-2/h6-8,13,15,18-19H,4-5,9-12,14H2,1-3H3,(H2,23,24,25). The number of halogens is 1. The number of esters is 1. The molecule has 0 saturated heterocycles. The van der Waals surface area contributed by atoms with Gasteiger partial charge in [0, 0.05) is 24.7 Å². The first-order valence-corrected chi connectivity index (χ1v) is 10.4. The summed E-state index contributed by atoms with van der Waals surface area (Å²) in [4.78, 5) is 16.6. The zero-order chi connectivity index (χ0) is 20.4. The summed E-state index contributed by atoms with van der Waals surface area (Å²) in [7, 11) is 1.68. The Kier molecular flexibility index (Phi) is 9.58. The lowest BCUT2D eigenvalue weighted by Crippen LogP contribution is -2.45. The number of nitrogens with zero attached hydrogens (tertiary/aromatic N) is 1. The summed E-state index contributed by atoms with van der Waals surface area (Å²) >= 11 is 6.09. The SMILES string of the molecule is CCNC(=NCC(OC)c1cccc(Cl)c1)NC1CCC(C(=O)OCC)CC1. The van der Waals surface area contributed by atoms with Gasteiger partial charge in [-0.3, -0.25) is 9.79 Å². The summed E-state index contributed by atoms with van der Waals surface area (Å²) < 4.78 is 10.7. The molecule has 0 amide bonds. The molecular formula is C21H32ClN3O3. The maximum Gasteiger partial charge on any atom is 0.308 e. The average Bonchev–Trinajstić information content (AvgIpc) is 2.69. The van der Waals surface area contributed by atoms with E-state index >= 15 is 0 Å². The highest BCUT2D eigenvalue weighted by atomic mass is 35.5. The first-order chi connectivity index (χ1) is 13.6. The normalized spacial score (nSPS) is 21.1. The molecule has 7 heteroatoms. The Labute approximate surface area is 173 Å². The van der Waals surface area contributed by atoms with E-state index in [1.165, 1.54) is 0 Å². The van der Waals surface area contributed by atoms with Crippen LogP contribution < -0.4 is 10.6 Å². The minimum Gasteiger partial charge on any atom is -0.466 e. The quantitative estimate of drug-likeness (QED) is 0.389. The second-order valence-electron chi connectivity index (χ2n) is 6.94. The molecule has 1 aliphatic rings. The van der Waals surface area contributed by atoms with Crippen molar-refractivity contribution in [2.45, 2.75) is 51.7 Å². The zero-order valence-electron chi connectivity index (χ0n) is 17.0. The van der Waals surface area contributed by atoms with Crippen LogP contribution in [0.4, 0.5) is 0 Å². The van der Waals surface area contributed by atoms with Crippen molar-refractivity contribution in [3.63, 3.8) is 0 Å². The largest absolute Gasteiger partial charge is 0.466 e. The van der Waals surface area contributed by atoms with Crippen molar-refractivity contribution >= 4 is 23.5 Å². The average molecular weight is 410 g/mol. The number of guanidine groups is 1. The molecule has 0 radical (unpaired) electrons. The van der Waals surface area contributed by atoms with Crippen molar-refractivity contribution in [2.75, 3.05) is 26.8 Å². The Hall–Kier alpha value is -1.79. The predicted octanol–water partition coefficient (Wildman–Crippen LogP) is 3.70. The minimum absolute atomic E-state index is 0.0261. The Morgan fingerprint density at radius 1 is 1.29 bits per heavy atom. The number of carbonyl (C=O) groups excluding carboxylic acids is 1. The highest BCUT2D eigenvalue weighted by molar-refractivity contribution is 6.30. The van der Waals surface area contributed by atoms with Crippen molar-refractivity contribution < 1.29 is 14.3 Å². The van der Waals surface area contributed by atoms with Crippen LogP contribution in [-0.2, 0) is 14.3 Å². The molecule has 28 heavy (non-hydrogen) atoms. The number of hydrogen-bond acceptors (Lipinski definition) is 4. The number of carbonyl (C=O) groups is 1. The topological polar surface area (TPSA) is 72.0 Å². The molecule has 6 nitrogen and oxygen atoms in total. The molecule has 2 N–H and O–H groups in total. The van der Waals surface area contributed by atoms with Crippen LogP contribution >= 0.6 is 11.6 Å². The molecule has 0 heterocycles. The van der Waals surface area contributed by atoms with Gasteiger partial charge in [-0.05, 0) is 57.2 Å². The molecule has 0 aliphatic heterocycles. The van der Waals surface area contributed by atoms with Crippen molar-refractivity contribution in [3.05, 3.63) is 34.9 Å². The van der Waals surface area contributed by atoms with Crippen molar-refractivity contribution in [2.24, 2.45) is 10.9 Å². The van der Waals surface area contributed by atoms with E-state index in [1.54, 1.807) is 7.11 Å². The number of nitrogens with one attached hydrogen (secondary N) is 2. The van der Waals surface area contributed by atoms with Crippen LogP contribution in [0.15, 0.2) is 29.3 Å². The fourth-order valence-electron chi connectivity index (χ4n) is 3.44. The molecule has 1 aromatic rings. The first-order valence-electron chi connectivity index (χ1n) is 10.1. The van der Waals surface area contributed by atoms with E-state index in [0.29, 0.717) is 24.2 Å². The van der Waals surface area contributed by atoms with Crippen LogP contribution in [0.2, 0.25) is 5.02 Å². The summed E-state index contributed by atoms with van der Waals surface area (Å²) in [5.74, 6) is 0.732. The third-order valence-electron chi connectivity index (χ3n) is 4.95. The molecule has 1 aromatic carbocycles. The summed E-state index contributed by atoms with van der Waals surface area (Å²) in [5, 5.41) is 7.47. The van der Waals surface area contributed by atoms with Gasteiger partial charge in [-0.15, -0.1) is 0 Å². The van der Waals surface area contributed by atoms with Crippen molar-refractivity contribution in [1.82, 2.24) is 10.6 Å². The maximum absolute atomic E-state index is 11.9. The smallest absolute Gasteiger partial charge is 0.308 e. The lowest BCUT2D eigenvalue weighted by atomic mass is 9.86. The van der Waals surface area contributed by atoms with Gasteiger partial charge in [0.15, 0.2) is 5.96 Å². The summed E-state index contributed by atoms with van der Waals surface area (Å²) in [6.07, 6.45) is 3.39. The molecule has 1 fully saturated rings. The van der Waals surface area contributed by atoms with E-state index in [0.717, 1.165) is 43.8 Å². The molecule has 1 atom stereocenters. The Morgan fingerprint density at radius 2 is 2.04 bits per heavy atom. The van der Waals surface area contributed by atoms with Gasteiger partial charge >= 0.3 is 5.97 Å². The highest BCUT2D eigenvalue weighted by Gasteiger charge is 2.27. The van der Waals surface area contributed by atoms with E-state index in [1.807, 2.05) is 38.1 Å². The molecule has 0 spiro atoms. The van der Waals surface area contributed by atoms with E-state index < -0.39 is 0 Å².